The van der Waals surface area contributed by atoms with Gasteiger partial charge < -0.3 is 9.84 Å². The quantitative estimate of drug-likeness (QED) is 0.581. The van der Waals surface area contributed by atoms with Crippen molar-refractivity contribution < 1.29 is 14.6 Å². The highest BCUT2D eigenvalue weighted by atomic mass is 16.5. The molecule has 0 aliphatic heterocycles. The highest BCUT2D eigenvalue weighted by molar-refractivity contribution is 5.89. The number of esters is 1. The lowest BCUT2D eigenvalue weighted by Crippen LogP contribution is -2.00. The Morgan fingerprint density at radius 2 is 2.33 bits per heavy atom. The highest BCUT2D eigenvalue weighted by Crippen LogP contribution is 2.05. The zero-order valence-electron chi connectivity index (χ0n) is 8.49. The molecule has 0 aromatic heterocycles. The molecule has 0 aliphatic carbocycles. The normalized spacial score (nSPS) is 8.93. The fraction of sp³-hybridized carbons (Fsp3) is 0.250. The van der Waals surface area contributed by atoms with Crippen LogP contribution in [-0.2, 0) is 4.74 Å². The van der Waals surface area contributed by atoms with E-state index in [1.807, 2.05) is 0 Å². The van der Waals surface area contributed by atoms with E-state index in [1.54, 1.807) is 24.3 Å². The van der Waals surface area contributed by atoms with Crippen molar-refractivity contribution in [1.29, 1.82) is 0 Å². The van der Waals surface area contributed by atoms with Gasteiger partial charge in [0.15, 0.2) is 0 Å². The van der Waals surface area contributed by atoms with Crippen molar-refractivity contribution in [2.24, 2.45) is 0 Å². The fourth-order valence-corrected chi connectivity index (χ4v) is 1.06. The summed E-state index contributed by atoms with van der Waals surface area (Å²) in [6.45, 7) is 0.0453. The Balaban J connectivity index is 2.84. The third-order valence-electron chi connectivity index (χ3n) is 1.75. The summed E-state index contributed by atoms with van der Waals surface area (Å²) in [6, 6.07) is 6.88. The highest BCUT2D eigenvalue weighted by Gasteiger charge is 2.03. The number of rotatable bonds is 2. The number of benzene rings is 1. The minimum Gasteiger partial charge on any atom is -0.465 e. The first kappa shape index (κ1) is 11.3. The average Bonchev–Trinajstić information content (AvgIpc) is 2.29. The fourth-order valence-electron chi connectivity index (χ4n) is 1.06. The molecule has 15 heavy (non-hydrogen) atoms. The van der Waals surface area contributed by atoms with E-state index in [4.69, 9.17) is 5.11 Å². The van der Waals surface area contributed by atoms with Crippen molar-refractivity contribution in [3.63, 3.8) is 0 Å². The summed E-state index contributed by atoms with van der Waals surface area (Å²) in [4.78, 5) is 11.2. The van der Waals surface area contributed by atoms with Crippen molar-refractivity contribution in [2.75, 3.05) is 13.7 Å². The number of aliphatic hydroxyl groups excluding tert-OH is 1. The van der Waals surface area contributed by atoms with E-state index < -0.39 is 0 Å². The molecule has 0 saturated heterocycles. The maximum absolute atomic E-state index is 11.2. The van der Waals surface area contributed by atoms with Crippen LogP contribution in [0.1, 0.15) is 22.3 Å². The molecule has 1 aromatic rings. The van der Waals surface area contributed by atoms with E-state index >= 15 is 0 Å². The number of aliphatic hydroxyl groups is 1. The van der Waals surface area contributed by atoms with Gasteiger partial charge in [0.05, 0.1) is 19.3 Å². The number of ether oxygens (including phenoxy) is 1. The molecule has 3 nitrogen and oxygen atoms in total. The van der Waals surface area contributed by atoms with Crippen LogP contribution in [0.15, 0.2) is 24.3 Å². The van der Waals surface area contributed by atoms with Gasteiger partial charge in [-0.15, -0.1) is 0 Å². The molecule has 0 atom stereocenters. The topological polar surface area (TPSA) is 46.5 Å². The van der Waals surface area contributed by atoms with Crippen molar-refractivity contribution >= 4 is 5.97 Å². The van der Waals surface area contributed by atoms with Crippen LogP contribution in [0.25, 0.3) is 0 Å². The Hall–Kier alpha value is -1.79. The molecule has 0 aliphatic rings. The summed E-state index contributed by atoms with van der Waals surface area (Å²) in [6.07, 6.45) is 0.433. The van der Waals surface area contributed by atoms with Gasteiger partial charge in [0.1, 0.15) is 0 Å². The van der Waals surface area contributed by atoms with Gasteiger partial charge in [-0.3, -0.25) is 0 Å². The molecule has 0 bridgehead atoms. The molecule has 0 fully saturated rings. The summed E-state index contributed by atoms with van der Waals surface area (Å²) < 4.78 is 4.59. The number of hydrogen-bond donors (Lipinski definition) is 1. The standard InChI is InChI=1S/C12H12O3/c1-15-12(14)11-7-4-6-10(9-11)5-2-3-8-13/h4,6-7,9,13H,3,8H2,1H3. The van der Waals surface area contributed by atoms with E-state index in [9.17, 15) is 4.79 Å². The predicted octanol–water partition coefficient (Wildman–Crippen LogP) is 1.21. The summed E-state index contributed by atoms with van der Waals surface area (Å²) >= 11 is 0. The van der Waals surface area contributed by atoms with Gasteiger partial charge >= 0.3 is 5.97 Å². The number of carbonyl (C=O) groups is 1. The summed E-state index contributed by atoms with van der Waals surface area (Å²) in [5.74, 6) is 5.26. The second-order valence-corrected chi connectivity index (χ2v) is 2.85. The maximum Gasteiger partial charge on any atom is 0.337 e. The molecule has 0 amide bonds. The summed E-state index contributed by atoms with van der Waals surface area (Å²) in [5.41, 5.74) is 1.22. The number of methoxy groups -OCH3 is 1. The monoisotopic (exact) mass is 204 g/mol. The smallest absolute Gasteiger partial charge is 0.337 e. The molecule has 1 N–H and O–H groups in total. The van der Waals surface area contributed by atoms with Crippen molar-refractivity contribution in [3.05, 3.63) is 35.4 Å². The van der Waals surface area contributed by atoms with Crippen molar-refractivity contribution in [3.8, 4) is 11.8 Å². The van der Waals surface area contributed by atoms with Crippen LogP contribution in [0.2, 0.25) is 0 Å². The number of hydrogen-bond acceptors (Lipinski definition) is 3. The minimum atomic E-state index is -0.374. The predicted molar refractivity (Wildman–Crippen MR) is 56.4 cm³/mol. The lowest BCUT2D eigenvalue weighted by molar-refractivity contribution is 0.0600. The van der Waals surface area contributed by atoms with E-state index in [2.05, 4.69) is 16.6 Å². The Bertz CT molecular complexity index is 399. The van der Waals surface area contributed by atoms with Gasteiger partial charge in [-0.25, -0.2) is 4.79 Å². The summed E-state index contributed by atoms with van der Waals surface area (Å²) in [7, 11) is 1.34. The molecule has 0 radical (unpaired) electrons. The van der Waals surface area contributed by atoms with Gasteiger partial charge in [0.25, 0.3) is 0 Å². The van der Waals surface area contributed by atoms with Crippen LogP contribution in [0.4, 0.5) is 0 Å². The first-order chi connectivity index (χ1) is 7.27. The molecule has 0 saturated carbocycles. The zero-order valence-corrected chi connectivity index (χ0v) is 8.49. The first-order valence-corrected chi connectivity index (χ1v) is 4.56. The largest absolute Gasteiger partial charge is 0.465 e. The SMILES string of the molecule is COC(=O)c1cccc(C#CCCO)c1. The summed E-state index contributed by atoms with van der Waals surface area (Å²) in [5, 5.41) is 8.55. The van der Waals surface area contributed by atoms with Gasteiger partial charge in [-0.1, -0.05) is 17.9 Å². The van der Waals surface area contributed by atoms with Gasteiger partial charge in [0.2, 0.25) is 0 Å². The Labute approximate surface area is 88.7 Å². The average molecular weight is 204 g/mol. The molecule has 0 heterocycles. The Morgan fingerprint density at radius 3 is 3.00 bits per heavy atom. The third-order valence-corrected chi connectivity index (χ3v) is 1.75. The van der Waals surface area contributed by atoms with Crippen LogP contribution in [-0.4, -0.2) is 24.8 Å². The molecule has 3 heteroatoms. The van der Waals surface area contributed by atoms with E-state index in [0.717, 1.165) is 5.56 Å². The van der Waals surface area contributed by atoms with E-state index in [-0.39, 0.29) is 12.6 Å². The second kappa shape index (κ2) is 5.84. The molecule has 0 unspecified atom stereocenters. The molecule has 78 valence electrons. The second-order valence-electron chi connectivity index (χ2n) is 2.85. The zero-order chi connectivity index (χ0) is 11.1. The van der Waals surface area contributed by atoms with Crippen molar-refractivity contribution in [2.45, 2.75) is 6.42 Å². The third kappa shape index (κ3) is 3.45. The van der Waals surface area contributed by atoms with Crippen LogP contribution in [0.5, 0.6) is 0 Å². The molecule has 1 rings (SSSR count). The van der Waals surface area contributed by atoms with Crippen LogP contribution < -0.4 is 0 Å². The van der Waals surface area contributed by atoms with E-state index in [0.29, 0.717) is 12.0 Å². The first-order valence-electron chi connectivity index (χ1n) is 4.56. The van der Waals surface area contributed by atoms with Crippen LogP contribution in [0, 0.1) is 11.8 Å². The molecular weight excluding hydrogens is 192 g/mol. The van der Waals surface area contributed by atoms with Crippen LogP contribution in [0.3, 0.4) is 0 Å². The van der Waals surface area contributed by atoms with Gasteiger partial charge in [-0.05, 0) is 18.2 Å². The minimum absolute atomic E-state index is 0.0453. The van der Waals surface area contributed by atoms with E-state index in [1.165, 1.54) is 7.11 Å². The Morgan fingerprint density at radius 1 is 1.53 bits per heavy atom. The van der Waals surface area contributed by atoms with Gasteiger partial charge in [0, 0.05) is 12.0 Å². The Kier molecular flexibility index (Phi) is 4.39. The maximum atomic E-state index is 11.2. The van der Waals surface area contributed by atoms with Crippen molar-refractivity contribution in [1.82, 2.24) is 0 Å². The van der Waals surface area contributed by atoms with Gasteiger partial charge in [-0.2, -0.15) is 0 Å². The molecule has 0 spiro atoms. The lowest BCUT2D eigenvalue weighted by Gasteiger charge is -1.98. The lowest BCUT2D eigenvalue weighted by atomic mass is 10.1. The molecule has 1 aromatic carbocycles. The molecular formula is C12H12O3. The number of carbonyl (C=O) groups excluding carboxylic acids is 1. The van der Waals surface area contributed by atoms with Crippen LogP contribution >= 0.6 is 0 Å².